The zero-order valence-electron chi connectivity index (χ0n) is 14.3. The highest BCUT2D eigenvalue weighted by molar-refractivity contribution is 6.48. The van der Waals surface area contributed by atoms with Crippen LogP contribution in [0.25, 0.3) is 5.03 Å². The average Bonchev–Trinajstić information content (AvgIpc) is 3.43. The molecule has 3 rings (SSSR count). The Labute approximate surface area is 157 Å². The maximum Gasteiger partial charge on any atom is 0.240 e. The first-order valence-corrected chi connectivity index (χ1v) is 9.20. The molecule has 0 spiro atoms. The highest BCUT2D eigenvalue weighted by Crippen LogP contribution is 2.60. The summed E-state index contributed by atoms with van der Waals surface area (Å²) in [6.45, 7) is 4.06. The summed E-state index contributed by atoms with van der Waals surface area (Å²) in [4.78, 5) is 24.2. The summed E-state index contributed by atoms with van der Waals surface area (Å²) in [5, 5.41) is 4.09. The van der Waals surface area contributed by atoms with Crippen LogP contribution >= 0.6 is 23.2 Å². The Hall–Kier alpha value is -1.52. The smallest absolute Gasteiger partial charge is 0.240 e. The number of nitrogens with one attached hydrogen (secondary N) is 1. The van der Waals surface area contributed by atoms with Gasteiger partial charge in [-0.25, -0.2) is 0 Å². The van der Waals surface area contributed by atoms with Crippen molar-refractivity contribution in [3.8, 4) is 0 Å². The highest BCUT2D eigenvalue weighted by Gasteiger charge is 2.61. The van der Waals surface area contributed by atoms with Gasteiger partial charge in [-0.15, -0.1) is 0 Å². The molecule has 2 aliphatic rings. The van der Waals surface area contributed by atoms with Crippen molar-refractivity contribution in [2.24, 2.45) is 28.9 Å². The van der Waals surface area contributed by atoms with Gasteiger partial charge < -0.3 is 11.1 Å². The quantitative estimate of drug-likeness (QED) is 0.791. The first-order chi connectivity index (χ1) is 11.7. The fourth-order valence-corrected chi connectivity index (χ4v) is 3.83. The molecule has 3 N–H and O–H groups in total. The molecule has 2 saturated carbocycles. The summed E-state index contributed by atoms with van der Waals surface area (Å²) >= 11 is 12.3. The van der Waals surface area contributed by atoms with Gasteiger partial charge in [0.15, 0.2) is 0 Å². The summed E-state index contributed by atoms with van der Waals surface area (Å²) in [7, 11) is 0. The molecule has 3 atom stereocenters. The third-order valence-corrected chi connectivity index (χ3v) is 5.93. The third-order valence-electron chi connectivity index (χ3n) is 5.34. The molecule has 0 radical (unpaired) electrons. The zero-order chi connectivity index (χ0) is 18.4. The Morgan fingerprint density at radius 2 is 1.88 bits per heavy atom. The molecule has 25 heavy (non-hydrogen) atoms. The van der Waals surface area contributed by atoms with Gasteiger partial charge in [0.05, 0.1) is 5.92 Å². The maximum absolute atomic E-state index is 12.6. The van der Waals surface area contributed by atoms with Gasteiger partial charge in [-0.2, -0.15) is 0 Å². The minimum absolute atomic E-state index is 0.0170. The van der Waals surface area contributed by atoms with Gasteiger partial charge >= 0.3 is 0 Å². The molecule has 0 saturated heterocycles. The van der Waals surface area contributed by atoms with E-state index in [9.17, 15) is 9.59 Å². The number of halogens is 2. The van der Waals surface area contributed by atoms with Crippen LogP contribution < -0.4 is 11.1 Å². The van der Waals surface area contributed by atoms with Crippen LogP contribution in [0.4, 0.5) is 0 Å². The molecule has 1 unspecified atom stereocenters. The summed E-state index contributed by atoms with van der Waals surface area (Å²) < 4.78 is 0. The van der Waals surface area contributed by atoms with Crippen molar-refractivity contribution in [2.75, 3.05) is 0 Å². The highest BCUT2D eigenvalue weighted by atomic mass is 35.5. The summed E-state index contributed by atoms with van der Waals surface area (Å²) in [5.74, 6) is -0.587. The molecule has 134 valence electrons. The number of rotatable bonds is 6. The van der Waals surface area contributed by atoms with Crippen LogP contribution in [0.5, 0.6) is 0 Å². The molecule has 1 aromatic rings. The van der Waals surface area contributed by atoms with Crippen molar-refractivity contribution in [1.82, 2.24) is 5.32 Å². The van der Waals surface area contributed by atoms with E-state index in [1.165, 1.54) is 0 Å². The Morgan fingerprint density at radius 3 is 2.40 bits per heavy atom. The van der Waals surface area contributed by atoms with Crippen LogP contribution in [-0.2, 0) is 9.59 Å². The first-order valence-electron chi connectivity index (χ1n) is 8.44. The van der Waals surface area contributed by atoms with Crippen molar-refractivity contribution in [3.63, 3.8) is 0 Å². The number of hydrogen-bond acceptors (Lipinski definition) is 2. The lowest BCUT2D eigenvalue weighted by Crippen LogP contribution is -2.47. The second-order valence-corrected chi connectivity index (χ2v) is 8.42. The molecular weight excluding hydrogens is 359 g/mol. The van der Waals surface area contributed by atoms with Crippen molar-refractivity contribution >= 4 is 40.0 Å². The van der Waals surface area contributed by atoms with Gasteiger partial charge in [0, 0.05) is 10.1 Å². The zero-order valence-corrected chi connectivity index (χ0v) is 15.8. The van der Waals surface area contributed by atoms with Gasteiger partial charge in [0.25, 0.3) is 0 Å². The number of amides is 2. The lowest BCUT2D eigenvalue weighted by molar-refractivity contribution is -0.129. The molecule has 6 heteroatoms. The standard InChI is InChI=1S/C19H22Cl2N2O2/c1-19(2)13(9-14(21)10-5-7-12(20)8-6-10)15(19)18(25)23-16(17(22)24)11-3-4-11/h5-9,11,13,15-16H,3-4H2,1-2H3,(H2,22,24)(H,23,25)/b14-9-/t13-,15+,16?/m0/s1. The largest absolute Gasteiger partial charge is 0.368 e. The Kier molecular flexibility index (Phi) is 4.86. The Bertz CT molecular complexity index is 723. The molecule has 2 amide bonds. The van der Waals surface area contributed by atoms with Crippen molar-refractivity contribution in [3.05, 3.63) is 40.9 Å². The fraction of sp³-hybridized carbons (Fsp3) is 0.474. The van der Waals surface area contributed by atoms with Crippen LogP contribution in [0.15, 0.2) is 30.3 Å². The fourth-order valence-electron chi connectivity index (χ4n) is 3.45. The van der Waals surface area contributed by atoms with Crippen LogP contribution in [0.3, 0.4) is 0 Å². The molecule has 4 nitrogen and oxygen atoms in total. The lowest BCUT2D eigenvalue weighted by Gasteiger charge is -2.15. The molecule has 0 heterocycles. The summed E-state index contributed by atoms with van der Waals surface area (Å²) in [6.07, 6.45) is 3.80. The van der Waals surface area contributed by atoms with E-state index in [4.69, 9.17) is 28.9 Å². The van der Waals surface area contributed by atoms with Gasteiger partial charge in [0.2, 0.25) is 11.8 Å². The summed E-state index contributed by atoms with van der Waals surface area (Å²) in [5.41, 5.74) is 6.08. The number of primary amides is 1. The van der Waals surface area contributed by atoms with Crippen molar-refractivity contribution in [1.29, 1.82) is 0 Å². The van der Waals surface area contributed by atoms with Crippen LogP contribution in [-0.4, -0.2) is 17.9 Å². The van der Waals surface area contributed by atoms with Gasteiger partial charge in [0.1, 0.15) is 6.04 Å². The number of hydrogen-bond donors (Lipinski definition) is 2. The van der Waals surface area contributed by atoms with E-state index in [2.05, 4.69) is 5.32 Å². The van der Waals surface area contributed by atoms with E-state index in [1.54, 1.807) is 12.1 Å². The number of carbonyl (C=O) groups excluding carboxylic acids is 2. The van der Waals surface area contributed by atoms with E-state index < -0.39 is 11.9 Å². The number of benzene rings is 1. The van der Waals surface area contributed by atoms with E-state index in [0.29, 0.717) is 10.1 Å². The van der Waals surface area contributed by atoms with E-state index in [0.717, 1.165) is 18.4 Å². The Balaban J connectivity index is 1.70. The van der Waals surface area contributed by atoms with Crippen LogP contribution in [0, 0.1) is 23.2 Å². The molecule has 1 aromatic carbocycles. The SMILES string of the molecule is CC1(C)[C@@H](/C=C(\Cl)c2ccc(Cl)cc2)[C@@H]1C(=O)NC(C(N)=O)C1CC1. The predicted octanol–water partition coefficient (Wildman–Crippen LogP) is 3.57. The van der Waals surface area contributed by atoms with Crippen molar-refractivity contribution < 1.29 is 9.59 Å². The second kappa shape index (κ2) is 6.65. The average molecular weight is 381 g/mol. The van der Waals surface area contributed by atoms with Crippen molar-refractivity contribution in [2.45, 2.75) is 32.7 Å². The van der Waals surface area contributed by atoms with E-state index in [1.807, 2.05) is 32.1 Å². The van der Waals surface area contributed by atoms with Gasteiger partial charge in [-0.3, -0.25) is 9.59 Å². The minimum Gasteiger partial charge on any atom is -0.368 e. The number of nitrogens with two attached hydrogens (primary N) is 1. The lowest BCUT2D eigenvalue weighted by atomic mass is 10.1. The summed E-state index contributed by atoms with van der Waals surface area (Å²) in [6, 6.07) is 6.70. The number of allylic oxidation sites excluding steroid dienone is 1. The molecule has 2 fully saturated rings. The minimum atomic E-state index is -0.555. The third kappa shape index (κ3) is 3.85. The van der Waals surface area contributed by atoms with Crippen LogP contribution in [0.1, 0.15) is 32.3 Å². The van der Waals surface area contributed by atoms with E-state index in [-0.39, 0.29) is 29.1 Å². The Morgan fingerprint density at radius 1 is 1.28 bits per heavy atom. The first kappa shape index (κ1) is 18.3. The van der Waals surface area contributed by atoms with E-state index >= 15 is 0 Å². The molecule has 0 aromatic heterocycles. The second-order valence-electron chi connectivity index (χ2n) is 7.57. The number of carbonyl (C=O) groups is 2. The molecule has 2 aliphatic carbocycles. The molecule has 0 aliphatic heterocycles. The predicted molar refractivity (Wildman–Crippen MR) is 99.9 cm³/mol. The topological polar surface area (TPSA) is 72.2 Å². The normalized spacial score (nSPS) is 26.0. The molecule has 0 bridgehead atoms. The van der Waals surface area contributed by atoms with Crippen LogP contribution in [0.2, 0.25) is 5.02 Å². The molecular formula is C19H22Cl2N2O2. The van der Waals surface area contributed by atoms with Gasteiger partial charge in [-0.05, 0) is 47.8 Å². The maximum atomic E-state index is 12.6. The van der Waals surface area contributed by atoms with Gasteiger partial charge in [-0.1, -0.05) is 55.3 Å². The monoisotopic (exact) mass is 380 g/mol.